The van der Waals surface area contributed by atoms with Gasteiger partial charge in [-0.25, -0.2) is 4.68 Å². The highest BCUT2D eigenvalue weighted by Crippen LogP contribution is 2.26. The van der Waals surface area contributed by atoms with Gasteiger partial charge in [0, 0.05) is 10.9 Å². The normalized spacial score (nSPS) is 15.4. The Balaban J connectivity index is 1.78. The van der Waals surface area contributed by atoms with Crippen molar-refractivity contribution in [2.24, 2.45) is 0 Å². The molecule has 2 heterocycles. The van der Waals surface area contributed by atoms with E-state index in [1.54, 1.807) is 17.4 Å². The molecule has 0 bridgehead atoms. The van der Waals surface area contributed by atoms with E-state index in [0.29, 0.717) is 5.69 Å². The molecule has 3 N–H and O–H groups in total. The van der Waals surface area contributed by atoms with E-state index >= 15 is 0 Å². The summed E-state index contributed by atoms with van der Waals surface area (Å²) < 4.78 is 1.16. The number of carbonyl (C=O) groups excluding carboxylic acids is 1. The fourth-order valence-electron chi connectivity index (χ4n) is 3.02. The first-order valence-electron chi connectivity index (χ1n) is 8.27. The number of aryl methyl sites for hydroxylation is 1. The summed E-state index contributed by atoms with van der Waals surface area (Å²) in [6.07, 6.45) is 5.52. The Morgan fingerprint density at radius 1 is 1.38 bits per heavy atom. The van der Waals surface area contributed by atoms with Crippen molar-refractivity contribution in [3.63, 3.8) is 0 Å². The molecule has 6 nitrogen and oxygen atoms in total. The van der Waals surface area contributed by atoms with Gasteiger partial charge in [-0.2, -0.15) is 5.10 Å². The number of hydrogen-bond donors (Lipinski definition) is 2. The van der Waals surface area contributed by atoms with E-state index in [1.807, 2.05) is 19.1 Å². The molecule has 0 spiro atoms. The van der Waals surface area contributed by atoms with Gasteiger partial charge in [0.15, 0.2) is 0 Å². The average molecular weight is 346 g/mol. The molecule has 0 aliphatic heterocycles. The second-order valence-corrected chi connectivity index (χ2v) is 7.55. The lowest BCUT2D eigenvalue weighted by molar-refractivity contribution is -0.122. The molecule has 0 aromatic carbocycles. The minimum atomic E-state index is -0.425. The molecule has 2 aromatic rings. The summed E-state index contributed by atoms with van der Waals surface area (Å²) in [5, 5.41) is 7.32. The molecule has 1 fully saturated rings. The van der Waals surface area contributed by atoms with E-state index in [4.69, 9.17) is 5.73 Å². The zero-order valence-corrected chi connectivity index (χ0v) is 14.6. The average Bonchev–Trinajstić information content (AvgIpc) is 2.99. The first-order valence-corrected chi connectivity index (χ1v) is 9.08. The summed E-state index contributed by atoms with van der Waals surface area (Å²) in [5.74, 6) is -0.185. The maximum atomic E-state index is 12.2. The zero-order valence-electron chi connectivity index (χ0n) is 13.7. The highest BCUT2D eigenvalue weighted by Gasteiger charge is 2.17. The Morgan fingerprint density at radius 2 is 2.12 bits per heavy atom. The smallest absolute Gasteiger partial charge is 0.290 e. The molecule has 0 saturated heterocycles. The van der Waals surface area contributed by atoms with Crippen LogP contribution in [-0.2, 0) is 11.3 Å². The molecule has 1 saturated carbocycles. The van der Waals surface area contributed by atoms with E-state index in [2.05, 4.69) is 10.4 Å². The fourth-order valence-corrected chi connectivity index (χ4v) is 3.84. The van der Waals surface area contributed by atoms with E-state index in [-0.39, 0.29) is 24.2 Å². The van der Waals surface area contributed by atoms with Crippen LogP contribution in [0.15, 0.2) is 23.0 Å². The molecule has 24 heavy (non-hydrogen) atoms. The molecule has 1 aliphatic carbocycles. The second kappa shape index (κ2) is 7.17. The maximum Gasteiger partial charge on any atom is 0.290 e. The molecule has 2 aromatic heterocycles. The number of rotatable bonds is 4. The van der Waals surface area contributed by atoms with Crippen molar-refractivity contribution >= 4 is 22.9 Å². The predicted molar refractivity (Wildman–Crippen MR) is 96.0 cm³/mol. The number of nitrogens with one attached hydrogen (secondary N) is 1. The SMILES string of the molecule is Cc1ccc(-c2cc(N)c(=O)n(CC(=O)NC3CCCCC3)n2)s1. The summed E-state index contributed by atoms with van der Waals surface area (Å²) in [6, 6.07) is 5.72. The van der Waals surface area contributed by atoms with Gasteiger partial charge in [0.25, 0.3) is 5.56 Å². The molecule has 0 radical (unpaired) electrons. The van der Waals surface area contributed by atoms with Crippen molar-refractivity contribution in [2.75, 3.05) is 5.73 Å². The van der Waals surface area contributed by atoms with Gasteiger partial charge in [0.2, 0.25) is 5.91 Å². The standard InChI is InChI=1S/C17H22N4O2S/c1-11-7-8-15(24-11)14-9-13(18)17(23)21(20-14)10-16(22)19-12-5-3-2-4-6-12/h7-9,12H,2-6,10,18H2,1H3,(H,19,22). The summed E-state index contributed by atoms with van der Waals surface area (Å²) in [4.78, 5) is 26.5. The van der Waals surface area contributed by atoms with Gasteiger partial charge >= 0.3 is 0 Å². The Hall–Kier alpha value is -2.15. The second-order valence-electron chi connectivity index (χ2n) is 6.26. The number of nitrogens with two attached hydrogens (primary N) is 1. The van der Waals surface area contributed by atoms with Crippen LogP contribution in [0.4, 0.5) is 5.69 Å². The first kappa shape index (κ1) is 16.7. The van der Waals surface area contributed by atoms with Crippen LogP contribution < -0.4 is 16.6 Å². The van der Waals surface area contributed by atoms with Crippen LogP contribution in [0.1, 0.15) is 37.0 Å². The molecule has 1 aliphatic rings. The molecule has 0 atom stereocenters. The summed E-state index contributed by atoms with van der Waals surface area (Å²) >= 11 is 1.58. The number of nitrogens with zero attached hydrogens (tertiary/aromatic N) is 2. The number of amides is 1. The number of hydrogen-bond acceptors (Lipinski definition) is 5. The van der Waals surface area contributed by atoms with E-state index in [0.717, 1.165) is 40.1 Å². The van der Waals surface area contributed by atoms with Gasteiger partial charge in [-0.05, 0) is 38.0 Å². The highest BCUT2D eigenvalue weighted by atomic mass is 32.1. The number of nitrogen functional groups attached to an aromatic ring is 1. The number of thiophene rings is 1. The Bertz CT molecular complexity index is 790. The predicted octanol–water partition coefficient (Wildman–Crippen LogP) is 2.31. The van der Waals surface area contributed by atoms with Crippen LogP contribution in [-0.4, -0.2) is 21.7 Å². The van der Waals surface area contributed by atoms with Gasteiger partial charge in [-0.3, -0.25) is 9.59 Å². The third kappa shape index (κ3) is 3.84. The highest BCUT2D eigenvalue weighted by molar-refractivity contribution is 7.15. The van der Waals surface area contributed by atoms with Crippen LogP contribution in [0.25, 0.3) is 10.6 Å². The lowest BCUT2D eigenvalue weighted by Crippen LogP contribution is -2.40. The number of anilines is 1. The lowest BCUT2D eigenvalue weighted by atomic mass is 9.95. The van der Waals surface area contributed by atoms with E-state index < -0.39 is 5.56 Å². The lowest BCUT2D eigenvalue weighted by Gasteiger charge is -2.22. The van der Waals surface area contributed by atoms with Crippen LogP contribution in [0.2, 0.25) is 0 Å². The third-order valence-corrected chi connectivity index (χ3v) is 5.28. The van der Waals surface area contributed by atoms with Crippen LogP contribution in [0.3, 0.4) is 0 Å². The molecule has 7 heteroatoms. The minimum absolute atomic E-state index is 0.0995. The monoisotopic (exact) mass is 346 g/mol. The molecule has 3 rings (SSSR count). The Labute approximate surface area is 144 Å². The van der Waals surface area contributed by atoms with E-state index in [1.165, 1.54) is 6.42 Å². The van der Waals surface area contributed by atoms with Crippen molar-refractivity contribution in [1.82, 2.24) is 15.1 Å². The molecule has 128 valence electrons. The van der Waals surface area contributed by atoms with Gasteiger partial charge in [0.05, 0.1) is 4.88 Å². The number of aromatic nitrogens is 2. The van der Waals surface area contributed by atoms with Crippen molar-refractivity contribution < 1.29 is 4.79 Å². The molecular formula is C17H22N4O2S. The van der Waals surface area contributed by atoms with Crippen molar-refractivity contribution in [3.05, 3.63) is 33.4 Å². The van der Waals surface area contributed by atoms with Gasteiger partial charge in [-0.15, -0.1) is 11.3 Å². The first-order chi connectivity index (χ1) is 11.5. The zero-order chi connectivity index (χ0) is 17.1. The van der Waals surface area contributed by atoms with E-state index in [9.17, 15) is 9.59 Å². The van der Waals surface area contributed by atoms with Crippen molar-refractivity contribution in [2.45, 2.75) is 51.6 Å². The largest absolute Gasteiger partial charge is 0.394 e. The van der Waals surface area contributed by atoms with Gasteiger partial charge in [-0.1, -0.05) is 19.3 Å². The van der Waals surface area contributed by atoms with Crippen molar-refractivity contribution in [1.29, 1.82) is 0 Å². The van der Waals surface area contributed by atoms with Crippen molar-refractivity contribution in [3.8, 4) is 10.6 Å². The van der Waals surface area contributed by atoms with Crippen LogP contribution in [0, 0.1) is 6.92 Å². The van der Waals surface area contributed by atoms with Crippen LogP contribution in [0.5, 0.6) is 0 Å². The van der Waals surface area contributed by atoms with Gasteiger partial charge < -0.3 is 11.1 Å². The van der Waals surface area contributed by atoms with Crippen LogP contribution >= 0.6 is 11.3 Å². The summed E-state index contributed by atoms with van der Waals surface area (Å²) in [7, 11) is 0. The maximum absolute atomic E-state index is 12.2. The topological polar surface area (TPSA) is 90.0 Å². The number of carbonyl (C=O) groups is 1. The Kier molecular flexibility index (Phi) is 4.99. The minimum Gasteiger partial charge on any atom is -0.394 e. The quantitative estimate of drug-likeness (QED) is 0.889. The molecule has 0 unspecified atom stereocenters. The Morgan fingerprint density at radius 3 is 2.79 bits per heavy atom. The summed E-state index contributed by atoms with van der Waals surface area (Å²) in [5.41, 5.74) is 6.13. The van der Waals surface area contributed by atoms with Gasteiger partial charge in [0.1, 0.15) is 17.9 Å². The molecular weight excluding hydrogens is 324 g/mol. The third-order valence-electron chi connectivity index (χ3n) is 4.26. The molecule has 1 amide bonds. The fraction of sp³-hybridized carbons (Fsp3) is 0.471. The summed E-state index contributed by atoms with van der Waals surface area (Å²) in [6.45, 7) is 1.91.